The lowest BCUT2D eigenvalue weighted by Gasteiger charge is -2.07. The summed E-state index contributed by atoms with van der Waals surface area (Å²) in [6.45, 7) is 1.90. The molecule has 0 unspecified atom stereocenters. The number of H-pyrrole nitrogens is 1. The molecule has 1 heterocycles. The molecule has 0 atom stereocenters. The SMILES string of the molecule is Cc1ccc(Cl)c(-c2cc(S(=O)(=O)Nc3ccc(C#N)cc3F)c[nH]2)c1. The van der Waals surface area contributed by atoms with Crippen molar-refractivity contribution in [2.75, 3.05) is 4.72 Å². The number of aryl methyl sites for hydroxylation is 1. The van der Waals surface area contributed by atoms with Crippen LogP contribution in [0.4, 0.5) is 10.1 Å². The molecule has 0 aliphatic carbocycles. The molecule has 0 saturated heterocycles. The minimum atomic E-state index is -4.01. The number of anilines is 1. The number of halogens is 2. The molecule has 0 aliphatic heterocycles. The van der Waals surface area contributed by atoms with Crippen LogP contribution < -0.4 is 4.72 Å². The zero-order chi connectivity index (χ0) is 18.9. The van der Waals surface area contributed by atoms with E-state index in [0.717, 1.165) is 11.6 Å². The number of nitrogens with zero attached hydrogens (tertiary/aromatic N) is 1. The zero-order valence-corrected chi connectivity index (χ0v) is 15.1. The molecule has 0 fully saturated rings. The van der Waals surface area contributed by atoms with Crippen LogP contribution in [-0.2, 0) is 10.0 Å². The lowest BCUT2D eigenvalue weighted by Crippen LogP contribution is -2.13. The zero-order valence-electron chi connectivity index (χ0n) is 13.5. The van der Waals surface area contributed by atoms with E-state index in [-0.39, 0.29) is 16.1 Å². The Morgan fingerprint density at radius 1 is 1.19 bits per heavy atom. The van der Waals surface area contributed by atoms with Crippen LogP contribution in [0.25, 0.3) is 11.3 Å². The summed E-state index contributed by atoms with van der Waals surface area (Å²) in [5.74, 6) is -0.829. The highest BCUT2D eigenvalue weighted by molar-refractivity contribution is 7.92. The van der Waals surface area contributed by atoms with Crippen molar-refractivity contribution >= 4 is 27.3 Å². The highest BCUT2D eigenvalue weighted by Crippen LogP contribution is 2.30. The van der Waals surface area contributed by atoms with Gasteiger partial charge in [0.1, 0.15) is 10.7 Å². The van der Waals surface area contributed by atoms with Crippen molar-refractivity contribution < 1.29 is 12.8 Å². The highest BCUT2D eigenvalue weighted by atomic mass is 35.5. The van der Waals surface area contributed by atoms with E-state index in [1.165, 1.54) is 24.4 Å². The van der Waals surface area contributed by atoms with Crippen LogP contribution >= 0.6 is 11.6 Å². The molecule has 0 radical (unpaired) electrons. The van der Waals surface area contributed by atoms with E-state index < -0.39 is 15.8 Å². The number of aromatic amines is 1. The Kier molecular flexibility index (Phi) is 4.72. The van der Waals surface area contributed by atoms with Crippen molar-refractivity contribution in [3.05, 3.63) is 70.6 Å². The summed E-state index contributed by atoms with van der Waals surface area (Å²) < 4.78 is 41.1. The average Bonchev–Trinajstić information content (AvgIpc) is 3.09. The third kappa shape index (κ3) is 3.57. The van der Waals surface area contributed by atoms with Crippen LogP contribution in [0.3, 0.4) is 0 Å². The van der Waals surface area contributed by atoms with E-state index in [2.05, 4.69) is 9.71 Å². The van der Waals surface area contributed by atoms with Crippen LogP contribution in [0.5, 0.6) is 0 Å². The molecule has 132 valence electrons. The normalized spacial score (nSPS) is 11.2. The molecule has 0 aliphatic rings. The second kappa shape index (κ2) is 6.83. The molecular formula is C18H13ClFN3O2S. The largest absolute Gasteiger partial charge is 0.360 e. The molecule has 26 heavy (non-hydrogen) atoms. The summed E-state index contributed by atoms with van der Waals surface area (Å²) in [5, 5.41) is 9.23. The summed E-state index contributed by atoms with van der Waals surface area (Å²) in [6.07, 6.45) is 1.30. The number of rotatable bonds is 4. The Bertz CT molecular complexity index is 1130. The monoisotopic (exact) mass is 389 g/mol. The number of nitriles is 1. The third-order valence-electron chi connectivity index (χ3n) is 3.72. The first-order valence-corrected chi connectivity index (χ1v) is 9.34. The van der Waals surface area contributed by atoms with Crippen LogP contribution in [0, 0.1) is 24.1 Å². The standard InChI is InChI=1S/C18H13ClFN3O2S/c1-11-2-4-15(19)14(6-11)18-8-13(10-22-18)26(24,25)23-17-5-3-12(9-21)7-16(17)20/h2-8,10,22-23H,1H3. The summed E-state index contributed by atoms with van der Waals surface area (Å²) in [5.41, 5.74) is 2.03. The first-order valence-electron chi connectivity index (χ1n) is 7.47. The fourth-order valence-corrected chi connectivity index (χ4v) is 3.68. The minimum absolute atomic E-state index is 0.0613. The van der Waals surface area contributed by atoms with Gasteiger partial charge in [0.15, 0.2) is 0 Å². The van der Waals surface area contributed by atoms with Crippen molar-refractivity contribution in [1.29, 1.82) is 5.26 Å². The van der Waals surface area contributed by atoms with Gasteiger partial charge in [-0.25, -0.2) is 12.8 Å². The predicted octanol–water partition coefficient (Wildman–Crippen LogP) is 4.46. The molecule has 8 heteroatoms. The second-order valence-corrected chi connectivity index (χ2v) is 7.73. The number of sulfonamides is 1. The highest BCUT2D eigenvalue weighted by Gasteiger charge is 2.19. The molecule has 0 saturated carbocycles. The Morgan fingerprint density at radius 3 is 2.65 bits per heavy atom. The number of benzene rings is 2. The molecule has 1 aromatic heterocycles. The molecule has 0 spiro atoms. The van der Waals surface area contributed by atoms with Crippen LogP contribution in [-0.4, -0.2) is 13.4 Å². The first-order chi connectivity index (χ1) is 12.3. The number of nitrogens with one attached hydrogen (secondary N) is 2. The van der Waals surface area contributed by atoms with Gasteiger partial charge in [-0.3, -0.25) is 4.72 Å². The van der Waals surface area contributed by atoms with Gasteiger partial charge < -0.3 is 4.98 Å². The van der Waals surface area contributed by atoms with Gasteiger partial charge >= 0.3 is 0 Å². The maximum absolute atomic E-state index is 13.9. The Balaban J connectivity index is 1.93. The third-order valence-corrected chi connectivity index (χ3v) is 5.40. The van der Waals surface area contributed by atoms with Crippen molar-refractivity contribution in [2.24, 2.45) is 0 Å². The average molecular weight is 390 g/mol. The second-order valence-electron chi connectivity index (χ2n) is 5.64. The Morgan fingerprint density at radius 2 is 1.96 bits per heavy atom. The fourth-order valence-electron chi connectivity index (χ4n) is 2.40. The van der Waals surface area contributed by atoms with E-state index in [4.69, 9.17) is 16.9 Å². The maximum atomic E-state index is 13.9. The van der Waals surface area contributed by atoms with Gasteiger partial charge in [0.25, 0.3) is 10.0 Å². The number of aromatic nitrogens is 1. The lowest BCUT2D eigenvalue weighted by atomic mass is 10.1. The van der Waals surface area contributed by atoms with Crippen molar-refractivity contribution in [3.63, 3.8) is 0 Å². The van der Waals surface area contributed by atoms with Gasteiger partial charge in [-0.05, 0) is 43.3 Å². The van der Waals surface area contributed by atoms with Gasteiger partial charge in [-0.2, -0.15) is 5.26 Å². The minimum Gasteiger partial charge on any atom is -0.360 e. The smallest absolute Gasteiger partial charge is 0.263 e. The molecule has 2 aromatic carbocycles. The van der Waals surface area contributed by atoms with E-state index in [1.807, 2.05) is 19.1 Å². The van der Waals surface area contributed by atoms with Crippen LogP contribution in [0.1, 0.15) is 11.1 Å². The van der Waals surface area contributed by atoms with E-state index >= 15 is 0 Å². The first kappa shape index (κ1) is 18.0. The van der Waals surface area contributed by atoms with Gasteiger partial charge in [0.2, 0.25) is 0 Å². The van der Waals surface area contributed by atoms with Crippen LogP contribution in [0.15, 0.2) is 53.6 Å². The number of hydrogen-bond donors (Lipinski definition) is 2. The van der Waals surface area contributed by atoms with E-state index in [1.54, 1.807) is 12.1 Å². The Hall–Kier alpha value is -2.82. The van der Waals surface area contributed by atoms with Gasteiger partial charge in [-0.15, -0.1) is 0 Å². The maximum Gasteiger partial charge on any atom is 0.263 e. The van der Waals surface area contributed by atoms with Crippen molar-refractivity contribution in [1.82, 2.24) is 4.98 Å². The Labute approximate surface area is 155 Å². The van der Waals surface area contributed by atoms with Crippen molar-refractivity contribution in [3.8, 4) is 17.3 Å². The quantitative estimate of drug-likeness (QED) is 0.690. The van der Waals surface area contributed by atoms with Crippen LogP contribution in [0.2, 0.25) is 5.02 Å². The summed E-state index contributed by atoms with van der Waals surface area (Å²) in [6, 6.07) is 12.1. The molecular weight excluding hydrogens is 377 g/mol. The van der Waals surface area contributed by atoms with E-state index in [9.17, 15) is 12.8 Å². The summed E-state index contributed by atoms with van der Waals surface area (Å²) >= 11 is 6.17. The molecule has 0 amide bonds. The van der Waals surface area contributed by atoms with Crippen molar-refractivity contribution in [2.45, 2.75) is 11.8 Å². The molecule has 3 rings (SSSR count). The topological polar surface area (TPSA) is 85.8 Å². The molecule has 3 aromatic rings. The fraction of sp³-hybridized carbons (Fsp3) is 0.0556. The lowest BCUT2D eigenvalue weighted by molar-refractivity contribution is 0.598. The van der Waals surface area contributed by atoms with Gasteiger partial charge in [-0.1, -0.05) is 23.2 Å². The van der Waals surface area contributed by atoms with E-state index in [0.29, 0.717) is 16.3 Å². The summed E-state index contributed by atoms with van der Waals surface area (Å²) in [4.78, 5) is 2.81. The summed E-state index contributed by atoms with van der Waals surface area (Å²) in [7, 11) is -4.01. The van der Waals surface area contributed by atoms with Gasteiger partial charge in [0.05, 0.1) is 17.3 Å². The molecule has 0 bridgehead atoms. The molecule has 5 nitrogen and oxygen atoms in total. The van der Waals surface area contributed by atoms with Gasteiger partial charge in [0, 0.05) is 22.5 Å². The predicted molar refractivity (Wildman–Crippen MR) is 97.9 cm³/mol. The number of hydrogen-bond acceptors (Lipinski definition) is 3. The molecule has 2 N–H and O–H groups in total.